The van der Waals surface area contributed by atoms with Crippen molar-refractivity contribution in [3.63, 3.8) is 0 Å². The summed E-state index contributed by atoms with van der Waals surface area (Å²) in [5, 5.41) is 0. The summed E-state index contributed by atoms with van der Waals surface area (Å²) >= 11 is 4.70. The zero-order chi connectivity index (χ0) is 15.1. The van der Waals surface area contributed by atoms with Crippen molar-refractivity contribution in [2.24, 2.45) is 11.7 Å². The van der Waals surface area contributed by atoms with Crippen LogP contribution in [0.25, 0.3) is 0 Å². The molecule has 1 fully saturated rings. The fourth-order valence-electron chi connectivity index (χ4n) is 2.82. The minimum atomic E-state index is -4.46. The Balaban J connectivity index is 2.45. The van der Waals surface area contributed by atoms with Crippen molar-refractivity contribution in [1.82, 2.24) is 0 Å². The Morgan fingerprint density at radius 1 is 1.35 bits per heavy atom. The molecule has 2 unspecified atom stereocenters. The fraction of sp³-hybridized carbons (Fsp3) is 0.500. The van der Waals surface area contributed by atoms with Crippen molar-refractivity contribution in [2.75, 3.05) is 11.4 Å². The van der Waals surface area contributed by atoms with Gasteiger partial charge in [0.2, 0.25) is 0 Å². The van der Waals surface area contributed by atoms with Crippen LogP contribution in [0.5, 0.6) is 0 Å². The number of hydrogen-bond donors (Lipinski definition) is 1. The first kappa shape index (κ1) is 15.1. The highest BCUT2D eigenvalue weighted by Gasteiger charge is 2.35. The Morgan fingerprint density at radius 3 is 2.45 bits per heavy atom. The minimum absolute atomic E-state index is 0.115. The fourth-order valence-corrected chi connectivity index (χ4v) is 3.00. The molecule has 0 radical (unpaired) electrons. The Hall–Kier alpha value is -1.30. The van der Waals surface area contributed by atoms with E-state index in [1.165, 1.54) is 6.07 Å². The van der Waals surface area contributed by atoms with Gasteiger partial charge in [0.1, 0.15) is 4.99 Å². The molecule has 0 aromatic heterocycles. The van der Waals surface area contributed by atoms with Gasteiger partial charge in [-0.2, -0.15) is 13.2 Å². The van der Waals surface area contributed by atoms with E-state index < -0.39 is 11.7 Å². The molecular formula is C14H17F3N2S. The van der Waals surface area contributed by atoms with Crippen LogP contribution >= 0.6 is 12.2 Å². The topological polar surface area (TPSA) is 29.3 Å². The number of benzene rings is 1. The van der Waals surface area contributed by atoms with Gasteiger partial charge in [-0.15, -0.1) is 0 Å². The molecule has 1 aliphatic rings. The maximum absolute atomic E-state index is 13.1. The second-order valence-electron chi connectivity index (χ2n) is 5.43. The van der Waals surface area contributed by atoms with E-state index >= 15 is 0 Å². The van der Waals surface area contributed by atoms with Crippen molar-refractivity contribution in [2.45, 2.75) is 32.5 Å². The normalized spacial score (nSPS) is 23.1. The summed E-state index contributed by atoms with van der Waals surface area (Å²) in [7, 11) is 0. The number of nitrogens with zero attached hydrogens (tertiary/aromatic N) is 1. The molecule has 2 nitrogen and oxygen atoms in total. The monoisotopic (exact) mass is 302 g/mol. The third kappa shape index (κ3) is 2.90. The zero-order valence-electron chi connectivity index (χ0n) is 11.4. The Morgan fingerprint density at radius 2 is 2.00 bits per heavy atom. The highest BCUT2D eigenvalue weighted by Crippen LogP contribution is 2.37. The molecule has 1 saturated heterocycles. The summed E-state index contributed by atoms with van der Waals surface area (Å²) in [5.41, 5.74) is 5.09. The molecule has 0 spiro atoms. The standard InChI is InChI=1S/C14H17F3N2S/c1-8-5-9(2)19(7-8)10-3-4-11(13(18)20)12(6-10)14(15,16)17/h3-4,6,8-9H,5,7H2,1-2H3,(H2,18,20). The second kappa shape index (κ2) is 5.24. The number of hydrogen-bond acceptors (Lipinski definition) is 2. The number of alkyl halides is 3. The summed E-state index contributed by atoms with van der Waals surface area (Å²) in [6.45, 7) is 4.90. The molecule has 1 aliphatic heterocycles. The van der Waals surface area contributed by atoms with Gasteiger partial charge in [0.05, 0.1) is 5.56 Å². The third-order valence-corrected chi connectivity index (χ3v) is 3.91. The molecule has 20 heavy (non-hydrogen) atoms. The molecule has 0 amide bonds. The number of halogens is 3. The van der Waals surface area contributed by atoms with Gasteiger partial charge in [-0.1, -0.05) is 19.1 Å². The predicted octanol–water partition coefficient (Wildman–Crippen LogP) is 3.57. The highest BCUT2D eigenvalue weighted by atomic mass is 32.1. The van der Waals surface area contributed by atoms with Crippen molar-refractivity contribution in [1.29, 1.82) is 0 Å². The SMILES string of the molecule is CC1CC(C)N(c2ccc(C(N)=S)c(C(F)(F)F)c2)C1. The largest absolute Gasteiger partial charge is 0.417 e. The predicted molar refractivity (Wildman–Crippen MR) is 77.9 cm³/mol. The lowest BCUT2D eigenvalue weighted by molar-refractivity contribution is -0.137. The molecule has 1 heterocycles. The smallest absolute Gasteiger partial charge is 0.389 e. The van der Waals surface area contributed by atoms with Crippen LogP contribution in [0, 0.1) is 5.92 Å². The first-order chi connectivity index (χ1) is 9.20. The molecule has 0 bridgehead atoms. The van der Waals surface area contributed by atoms with E-state index in [2.05, 4.69) is 6.92 Å². The van der Waals surface area contributed by atoms with Crippen LogP contribution < -0.4 is 10.6 Å². The molecule has 2 atom stereocenters. The van der Waals surface area contributed by atoms with Crippen LogP contribution in [0.3, 0.4) is 0 Å². The average Bonchev–Trinajstić information content (AvgIpc) is 2.66. The van der Waals surface area contributed by atoms with Crippen LogP contribution in [0.4, 0.5) is 18.9 Å². The highest BCUT2D eigenvalue weighted by molar-refractivity contribution is 7.80. The van der Waals surface area contributed by atoms with Gasteiger partial charge < -0.3 is 10.6 Å². The first-order valence-electron chi connectivity index (χ1n) is 6.48. The van der Waals surface area contributed by atoms with E-state index in [-0.39, 0.29) is 16.6 Å². The number of nitrogens with two attached hydrogens (primary N) is 1. The van der Waals surface area contributed by atoms with Crippen LogP contribution in [0.2, 0.25) is 0 Å². The lowest BCUT2D eigenvalue weighted by Gasteiger charge is -2.25. The van der Waals surface area contributed by atoms with Gasteiger partial charge in [0.15, 0.2) is 0 Å². The lowest BCUT2D eigenvalue weighted by atomic mass is 10.1. The maximum atomic E-state index is 13.1. The molecule has 1 aromatic carbocycles. The molecule has 6 heteroatoms. The Labute approximate surface area is 121 Å². The zero-order valence-corrected chi connectivity index (χ0v) is 12.2. The van der Waals surface area contributed by atoms with Gasteiger partial charge in [-0.05, 0) is 37.5 Å². The van der Waals surface area contributed by atoms with E-state index in [0.717, 1.165) is 19.0 Å². The van der Waals surface area contributed by atoms with Crippen molar-refractivity contribution >= 4 is 22.9 Å². The molecule has 0 aliphatic carbocycles. The van der Waals surface area contributed by atoms with Gasteiger partial charge in [0, 0.05) is 23.8 Å². The number of rotatable bonds is 2. The minimum Gasteiger partial charge on any atom is -0.389 e. The Kier molecular flexibility index (Phi) is 3.95. The van der Waals surface area contributed by atoms with Crippen LogP contribution in [0.1, 0.15) is 31.4 Å². The summed E-state index contributed by atoms with van der Waals surface area (Å²) in [6, 6.07) is 4.43. The van der Waals surface area contributed by atoms with Crippen molar-refractivity contribution in [3.8, 4) is 0 Å². The van der Waals surface area contributed by atoms with Gasteiger partial charge in [0.25, 0.3) is 0 Å². The summed E-state index contributed by atoms with van der Waals surface area (Å²) < 4.78 is 39.3. The summed E-state index contributed by atoms with van der Waals surface area (Å²) in [6.07, 6.45) is -3.47. The molecule has 1 aromatic rings. The van der Waals surface area contributed by atoms with Crippen molar-refractivity contribution < 1.29 is 13.2 Å². The molecule has 0 saturated carbocycles. The summed E-state index contributed by atoms with van der Waals surface area (Å²) in [4.78, 5) is 1.77. The third-order valence-electron chi connectivity index (χ3n) is 3.69. The quantitative estimate of drug-likeness (QED) is 0.847. The van der Waals surface area contributed by atoms with E-state index in [4.69, 9.17) is 18.0 Å². The van der Waals surface area contributed by atoms with Crippen molar-refractivity contribution in [3.05, 3.63) is 29.3 Å². The van der Waals surface area contributed by atoms with Crippen LogP contribution in [-0.4, -0.2) is 17.6 Å². The maximum Gasteiger partial charge on any atom is 0.417 e. The van der Waals surface area contributed by atoms with Gasteiger partial charge in [-0.3, -0.25) is 0 Å². The van der Waals surface area contributed by atoms with Crippen LogP contribution in [-0.2, 0) is 6.18 Å². The van der Waals surface area contributed by atoms with E-state index in [9.17, 15) is 13.2 Å². The molecule has 2 rings (SSSR count). The number of anilines is 1. The van der Waals surface area contributed by atoms with E-state index in [1.54, 1.807) is 6.07 Å². The van der Waals surface area contributed by atoms with Gasteiger partial charge in [-0.25, -0.2) is 0 Å². The molecule has 110 valence electrons. The van der Waals surface area contributed by atoms with E-state index in [0.29, 0.717) is 11.6 Å². The first-order valence-corrected chi connectivity index (χ1v) is 6.88. The average molecular weight is 302 g/mol. The molecular weight excluding hydrogens is 285 g/mol. The van der Waals surface area contributed by atoms with Gasteiger partial charge >= 0.3 is 6.18 Å². The number of thiocarbonyl (C=S) groups is 1. The molecule has 2 N–H and O–H groups in total. The lowest BCUT2D eigenvalue weighted by Crippen LogP contribution is -2.27. The second-order valence-corrected chi connectivity index (χ2v) is 5.87. The summed E-state index contributed by atoms with van der Waals surface area (Å²) in [5.74, 6) is 0.481. The van der Waals surface area contributed by atoms with E-state index in [1.807, 2.05) is 11.8 Å². The van der Waals surface area contributed by atoms with Crippen LogP contribution in [0.15, 0.2) is 18.2 Å². The Bertz CT molecular complexity index is 528.